The second kappa shape index (κ2) is 5.82. The fraction of sp³-hybridized carbons (Fsp3) is 0.0909. The smallest absolute Gasteiger partial charge is 0.101 e. The molecule has 3 nitrogen and oxygen atoms in total. The predicted octanol–water partition coefficient (Wildman–Crippen LogP) is 5.36. The Balaban J connectivity index is 2.02. The van der Waals surface area contributed by atoms with Gasteiger partial charge in [-0.25, -0.2) is 0 Å². The Kier molecular flexibility index (Phi) is 3.49. The van der Waals surface area contributed by atoms with Crippen LogP contribution in [0, 0.1) is 22.7 Å². The van der Waals surface area contributed by atoms with Crippen molar-refractivity contribution in [3.63, 3.8) is 0 Å². The number of hydrogen-bond acceptors (Lipinski definition) is 3. The minimum absolute atomic E-state index is 0.285. The summed E-state index contributed by atoms with van der Waals surface area (Å²) in [5.41, 5.74) is 6.41. The monoisotopic (exact) mass is 321 g/mol. The highest BCUT2D eigenvalue weighted by Crippen LogP contribution is 2.49. The largest absolute Gasteiger partial charge is 0.309 e. The lowest BCUT2D eigenvalue weighted by Gasteiger charge is -2.36. The van der Waals surface area contributed by atoms with Crippen LogP contribution in [0.15, 0.2) is 66.7 Å². The minimum atomic E-state index is 0.285. The summed E-state index contributed by atoms with van der Waals surface area (Å²) in [5.74, 6) is 0.285. The fourth-order valence-electron chi connectivity index (χ4n) is 3.56. The van der Waals surface area contributed by atoms with E-state index in [0.717, 1.165) is 17.1 Å². The van der Waals surface area contributed by atoms with Crippen LogP contribution < -0.4 is 4.90 Å². The number of benzene rings is 3. The van der Waals surface area contributed by atoms with E-state index in [4.69, 9.17) is 5.26 Å². The van der Waals surface area contributed by atoms with Gasteiger partial charge in [-0.2, -0.15) is 10.5 Å². The Morgan fingerprint density at radius 3 is 1.92 bits per heavy atom. The molecule has 1 heterocycles. The molecule has 0 spiro atoms. The van der Waals surface area contributed by atoms with E-state index >= 15 is 0 Å². The van der Waals surface area contributed by atoms with Crippen molar-refractivity contribution < 1.29 is 0 Å². The summed E-state index contributed by atoms with van der Waals surface area (Å²) >= 11 is 0. The maximum absolute atomic E-state index is 9.63. The van der Waals surface area contributed by atoms with Gasteiger partial charge in [-0.1, -0.05) is 43.3 Å². The molecule has 1 aliphatic rings. The highest BCUT2D eigenvalue weighted by Gasteiger charge is 2.29. The van der Waals surface area contributed by atoms with Crippen LogP contribution in [0.5, 0.6) is 0 Å². The third-order valence-corrected chi connectivity index (χ3v) is 4.78. The van der Waals surface area contributed by atoms with Crippen LogP contribution in [-0.2, 0) is 0 Å². The third-order valence-electron chi connectivity index (χ3n) is 4.78. The van der Waals surface area contributed by atoms with Crippen molar-refractivity contribution in [2.24, 2.45) is 0 Å². The van der Waals surface area contributed by atoms with Gasteiger partial charge in [0.2, 0.25) is 0 Å². The molecular formula is C22H15N3. The molecule has 0 N–H and O–H groups in total. The van der Waals surface area contributed by atoms with Gasteiger partial charge in [0, 0.05) is 17.3 Å². The number of nitrogens with zero attached hydrogens (tertiary/aromatic N) is 3. The second-order valence-electron chi connectivity index (χ2n) is 6.13. The van der Waals surface area contributed by atoms with E-state index in [1.54, 1.807) is 12.1 Å². The van der Waals surface area contributed by atoms with Crippen LogP contribution in [0.3, 0.4) is 0 Å². The molecule has 0 amide bonds. The highest BCUT2D eigenvalue weighted by molar-refractivity contribution is 5.86. The summed E-state index contributed by atoms with van der Waals surface area (Å²) in [5, 5.41) is 18.8. The van der Waals surface area contributed by atoms with Crippen molar-refractivity contribution in [2.45, 2.75) is 12.8 Å². The van der Waals surface area contributed by atoms with Crippen LogP contribution in [0.1, 0.15) is 35.1 Å². The molecule has 3 aromatic carbocycles. The molecule has 0 saturated carbocycles. The standard InChI is InChI=1S/C22H15N3/c1-15-18-6-2-4-8-21(18)25(22-9-5-3-7-19(15)22)20-11-10-16(13-23)12-17(20)14-24/h2-12,15H,1H3. The Hall–Kier alpha value is -3.56. The predicted molar refractivity (Wildman–Crippen MR) is 98.1 cm³/mol. The molecule has 0 aliphatic carbocycles. The number of para-hydroxylation sites is 2. The maximum atomic E-state index is 9.63. The molecule has 0 fully saturated rings. The van der Waals surface area contributed by atoms with E-state index in [1.807, 2.05) is 30.3 Å². The first kappa shape index (κ1) is 15.0. The second-order valence-corrected chi connectivity index (χ2v) is 6.13. The zero-order valence-corrected chi connectivity index (χ0v) is 13.8. The lowest BCUT2D eigenvalue weighted by molar-refractivity contribution is 0.891. The Bertz CT molecular complexity index is 1010. The normalized spacial score (nSPS) is 12.7. The summed E-state index contributed by atoms with van der Waals surface area (Å²) in [4.78, 5) is 2.13. The Labute approximate surface area is 147 Å². The third kappa shape index (κ3) is 2.26. The van der Waals surface area contributed by atoms with Gasteiger partial charge in [0.15, 0.2) is 0 Å². The zero-order chi connectivity index (χ0) is 17.4. The van der Waals surface area contributed by atoms with Crippen LogP contribution in [0.4, 0.5) is 17.1 Å². The van der Waals surface area contributed by atoms with Crippen molar-refractivity contribution in [2.75, 3.05) is 4.90 Å². The van der Waals surface area contributed by atoms with E-state index in [0.29, 0.717) is 11.1 Å². The van der Waals surface area contributed by atoms with E-state index < -0.39 is 0 Å². The molecule has 4 rings (SSSR count). The average molecular weight is 321 g/mol. The minimum Gasteiger partial charge on any atom is -0.309 e. The van der Waals surface area contributed by atoms with Crippen molar-refractivity contribution >= 4 is 17.1 Å². The molecule has 3 aromatic rings. The summed E-state index contributed by atoms with van der Waals surface area (Å²) in [7, 11) is 0. The van der Waals surface area contributed by atoms with Crippen LogP contribution in [0.25, 0.3) is 0 Å². The summed E-state index contributed by atoms with van der Waals surface area (Å²) in [6.45, 7) is 2.21. The van der Waals surface area contributed by atoms with Gasteiger partial charge < -0.3 is 4.90 Å². The van der Waals surface area contributed by atoms with Gasteiger partial charge in [-0.15, -0.1) is 0 Å². The lowest BCUT2D eigenvalue weighted by atomic mass is 9.85. The Morgan fingerprint density at radius 1 is 0.760 bits per heavy atom. The van der Waals surface area contributed by atoms with Gasteiger partial charge in [-0.05, 0) is 41.5 Å². The molecule has 1 aliphatic heterocycles. The van der Waals surface area contributed by atoms with Crippen molar-refractivity contribution in [3.8, 4) is 12.1 Å². The molecule has 0 atom stereocenters. The van der Waals surface area contributed by atoms with Crippen molar-refractivity contribution in [1.29, 1.82) is 10.5 Å². The molecule has 3 heteroatoms. The van der Waals surface area contributed by atoms with E-state index in [9.17, 15) is 5.26 Å². The van der Waals surface area contributed by atoms with Crippen LogP contribution in [0.2, 0.25) is 0 Å². The van der Waals surface area contributed by atoms with Gasteiger partial charge in [0.1, 0.15) is 6.07 Å². The summed E-state index contributed by atoms with van der Waals surface area (Å²) in [6, 6.07) is 26.2. The first-order valence-electron chi connectivity index (χ1n) is 8.17. The molecule has 0 bridgehead atoms. The molecule has 118 valence electrons. The van der Waals surface area contributed by atoms with E-state index in [2.05, 4.69) is 48.2 Å². The molecule has 25 heavy (non-hydrogen) atoms. The number of hydrogen-bond donors (Lipinski definition) is 0. The van der Waals surface area contributed by atoms with Gasteiger partial charge in [0.05, 0.1) is 22.9 Å². The topological polar surface area (TPSA) is 50.8 Å². The number of anilines is 3. The zero-order valence-electron chi connectivity index (χ0n) is 13.8. The molecular weight excluding hydrogens is 306 g/mol. The maximum Gasteiger partial charge on any atom is 0.101 e. The number of fused-ring (bicyclic) bond motifs is 2. The lowest BCUT2D eigenvalue weighted by Crippen LogP contribution is -2.21. The quantitative estimate of drug-likeness (QED) is 0.606. The van der Waals surface area contributed by atoms with E-state index in [1.165, 1.54) is 11.1 Å². The van der Waals surface area contributed by atoms with Gasteiger partial charge in [0.25, 0.3) is 0 Å². The van der Waals surface area contributed by atoms with E-state index in [-0.39, 0.29) is 5.92 Å². The fourth-order valence-corrected chi connectivity index (χ4v) is 3.56. The first-order chi connectivity index (χ1) is 12.2. The number of nitriles is 2. The number of rotatable bonds is 1. The van der Waals surface area contributed by atoms with Crippen molar-refractivity contribution in [3.05, 3.63) is 89.0 Å². The van der Waals surface area contributed by atoms with Crippen LogP contribution in [-0.4, -0.2) is 0 Å². The summed E-state index contributed by atoms with van der Waals surface area (Å²) in [6.07, 6.45) is 0. The SMILES string of the molecule is CC1c2ccccc2N(c2ccc(C#N)cc2C#N)c2ccccc21. The van der Waals surface area contributed by atoms with Crippen LogP contribution >= 0.6 is 0 Å². The molecule has 0 unspecified atom stereocenters. The first-order valence-corrected chi connectivity index (χ1v) is 8.17. The van der Waals surface area contributed by atoms with Crippen molar-refractivity contribution in [1.82, 2.24) is 0 Å². The highest BCUT2D eigenvalue weighted by atomic mass is 15.2. The summed E-state index contributed by atoms with van der Waals surface area (Å²) < 4.78 is 0. The van der Waals surface area contributed by atoms with Gasteiger partial charge >= 0.3 is 0 Å². The average Bonchev–Trinajstić information content (AvgIpc) is 2.68. The van der Waals surface area contributed by atoms with Gasteiger partial charge in [-0.3, -0.25) is 0 Å². The molecule has 0 radical (unpaired) electrons. The molecule has 0 aromatic heterocycles. The molecule has 0 saturated heterocycles. The Morgan fingerprint density at radius 2 is 1.36 bits per heavy atom.